The summed E-state index contributed by atoms with van der Waals surface area (Å²) in [7, 11) is 0. The lowest BCUT2D eigenvalue weighted by Crippen LogP contribution is -2.47. The van der Waals surface area contributed by atoms with Crippen LogP contribution in [0.3, 0.4) is 0 Å². The maximum Gasteiger partial charge on any atom is 0.290 e. The Kier molecular flexibility index (Phi) is 9.06. The van der Waals surface area contributed by atoms with E-state index in [9.17, 15) is 14.0 Å². The monoisotopic (exact) mass is 457 g/mol. The van der Waals surface area contributed by atoms with Crippen molar-refractivity contribution in [2.24, 2.45) is 5.92 Å². The number of nitrogens with zero attached hydrogens (tertiary/aromatic N) is 2. The van der Waals surface area contributed by atoms with E-state index in [2.05, 4.69) is 24.1 Å². The average Bonchev–Trinajstić information content (AvgIpc) is 3.26. The minimum absolute atomic E-state index is 0.181. The molecule has 2 heterocycles. The summed E-state index contributed by atoms with van der Waals surface area (Å²) in [6.07, 6.45) is 4.49. The number of halogens is 1. The Balaban J connectivity index is 1.73. The van der Waals surface area contributed by atoms with E-state index in [1.54, 1.807) is 25.1 Å². The Morgan fingerprint density at radius 2 is 1.76 bits per heavy atom. The number of carbonyl (C=O) groups excluding carboxylic acids is 2. The second-order valence-electron chi connectivity index (χ2n) is 9.31. The Morgan fingerprint density at radius 3 is 2.42 bits per heavy atom. The van der Waals surface area contributed by atoms with Crippen molar-refractivity contribution in [3.8, 4) is 0 Å². The number of furan rings is 1. The van der Waals surface area contributed by atoms with Gasteiger partial charge in [0.2, 0.25) is 5.91 Å². The minimum Gasteiger partial charge on any atom is -0.455 e. The van der Waals surface area contributed by atoms with E-state index in [4.69, 9.17) is 4.42 Å². The summed E-state index contributed by atoms with van der Waals surface area (Å²) in [5.74, 6) is 0.521. The van der Waals surface area contributed by atoms with Gasteiger partial charge in [0.15, 0.2) is 5.76 Å². The van der Waals surface area contributed by atoms with E-state index in [0.29, 0.717) is 19.0 Å². The molecular formula is C26H36FN3O3. The fraction of sp³-hybridized carbons (Fsp3) is 0.538. The molecule has 180 valence electrons. The predicted molar refractivity (Wildman–Crippen MR) is 126 cm³/mol. The second kappa shape index (κ2) is 12.0. The number of piperidine rings is 1. The van der Waals surface area contributed by atoms with Crippen molar-refractivity contribution in [3.05, 3.63) is 59.3 Å². The lowest BCUT2D eigenvalue weighted by molar-refractivity contribution is -0.125. The van der Waals surface area contributed by atoms with Crippen LogP contribution in [0.25, 0.3) is 0 Å². The first-order valence-electron chi connectivity index (χ1n) is 12.0. The molecule has 0 radical (unpaired) electrons. The average molecular weight is 458 g/mol. The van der Waals surface area contributed by atoms with E-state index < -0.39 is 6.04 Å². The highest BCUT2D eigenvalue weighted by molar-refractivity contribution is 5.95. The molecule has 0 spiro atoms. The van der Waals surface area contributed by atoms with E-state index in [1.165, 1.54) is 36.3 Å². The van der Waals surface area contributed by atoms with Crippen LogP contribution in [-0.4, -0.2) is 47.3 Å². The van der Waals surface area contributed by atoms with Crippen LogP contribution >= 0.6 is 0 Å². The van der Waals surface area contributed by atoms with Crippen LogP contribution < -0.4 is 5.32 Å². The largest absolute Gasteiger partial charge is 0.455 e. The summed E-state index contributed by atoms with van der Waals surface area (Å²) in [5, 5.41) is 2.92. The third-order valence-corrected chi connectivity index (χ3v) is 6.10. The molecule has 0 unspecified atom stereocenters. The fourth-order valence-electron chi connectivity index (χ4n) is 4.00. The number of likely N-dealkylation sites (tertiary alicyclic amines) is 1. The second-order valence-corrected chi connectivity index (χ2v) is 9.31. The van der Waals surface area contributed by atoms with Crippen LogP contribution in [0.1, 0.15) is 68.3 Å². The van der Waals surface area contributed by atoms with Crippen LogP contribution in [0.15, 0.2) is 40.8 Å². The summed E-state index contributed by atoms with van der Waals surface area (Å²) in [5.41, 5.74) is 0.742. The van der Waals surface area contributed by atoms with Gasteiger partial charge in [-0.15, -0.1) is 0 Å². The van der Waals surface area contributed by atoms with Crippen molar-refractivity contribution in [1.29, 1.82) is 0 Å². The fourth-order valence-corrected chi connectivity index (χ4v) is 4.00. The summed E-state index contributed by atoms with van der Waals surface area (Å²) in [6.45, 7) is 9.39. The minimum atomic E-state index is -0.703. The molecule has 1 aromatic carbocycles. The zero-order valence-corrected chi connectivity index (χ0v) is 20.0. The Hall–Kier alpha value is -2.67. The van der Waals surface area contributed by atoms with Gasteiger partial charge in [0.25, 0.3) is 5.91 Å². The standard InChI is InChI=1S/C26H36FN3O3/c1-19(2)13-14-28-25(31)20(3)30(17-21-7-9-22(27)10-8-21)26(32)24-12-11-23(33-24)18-29-15-5-4-6-16-29/h7-12,19-20H,4-6,13-18H2,1-3H3,(H,28,31)/t20-/m0/s1. The summed E-state index contributed by atoms with van der Waals surface area (Å²) in [4.78, 5) is 30.0. The van der Waals surface area contributed by atoms with Gasteiger partial charge in [-0.05, 0) is 75.0 Å². The molecule has 1 aliphatic rings. The maximum absolute atomic E-state index is 13.4. The highest BCUT2D eigenvalue weighted by Crippen LogP contribution is 2.19. The summed E-state index contributed by atoms with van der Waals surface area (Å²) >= 11 is 0. The smallest absolute Gasteiger partial charge is 0.290 e. The lowest BCUT2D eigenvalue weighted by Gasteiger charge is -2.28. The number of nitrogens with one attached hydrogen (secondary N) is 1. The van der Waals surface area contributed by atoms with Crippen LogP contribution in [-0.2, 0) is 17.9 Å². The molecule has 1 fully saturated rings. The number of carbonyl (C=O) groups is 2. The third-order valence-electron chi connectivity index (χ3n) is 6.10. The van der Waals surface area contributed by atoms with Crippen LogP contribution in [0, 0.1) is 11.7 Å². The van der Waals surface area contributed by atoms with Gasteiger partial charge >= 0.3 is 0 Å². The molecule has 7 heteroatoms. The van der Waals surface area contributed by atoms with Gasteiger partial charge in [-0.3, -0.25) is 14.5 Å². The zero-order valence-electron chi connectivity index (χ0n) is 20.0. The molecule has 2 amide bonds. The lowest BCUT2D eigenvalue weighted by atomic mass is 10.1. The molecule has 1 saturated heterocycles. The molecule has 0 aliphatic carbocycles. The van der Waals surface area contributed by atoms with Gasteiger partial charge in [0.1, 0.15) is 17.6 Å². The number of hydrogen-bond acceptors (Lipinski definition) is 4. The van der Waals surface area contributed by atoms with Gasteiger partial charge in [-0.25, -0.2) is 4.39 Å². The Morgan fingerprint density at radius 1 is 1.06 bits per heavy atom. The topological polar surface area (TPSA) is 65.8 Å². The summed E-state index contributed by atoms with van der Waals surface area (Å²) in [6, 6.07) is 8.79. The zero-order chi connectivity index (χ0) is 23.8. The number of benzene rings is 1. The van der Waals surface area contributed by atoms with Crippen molar-refractivity contribution in [2.75, 3.05) is 19.6 Å². The first-order valence-corrected chi connectivity index (χ1v) is 12.0. The SMILES string of the molecule is CC(C)CCNC(=O)[C@H](C)N(Cc1ccc(F)cc1)C(=O)c1ccc(CN2CCCCC2)o1. The van der Waals surface area contributed by atoms with Crippen molar-refractivity contribution < 1.29 is 18.4 Å². The van der Waals surface area contributed by atoms with Crippen LogP contribution in [0.4, 0.5) is 4.39 Å². The van der Waals surface area contributed by atoms with Gasteiger partial charge in [-0.2, -0.15) is 0 Å². The van der Waals surface area contributed by atoms with E-state index in [-0.39, 0.29) is 29.9 Å². The molecule has 0 saturated carbocycles. The van der Waals surface area contributed by atoms with Crippen molar-refractivity contribution in [1.82, 2.24) is 15.1 Å². The molecule has 6 nitrogen and oxygen atoms in total. The molecular weight excluding hydrogens is 421 g/mol. The van der Waals surface area contributed by atoms with Gasteiger partial charge in [0.05, 0.1) is 6.54 Å². The Bertz CT molecular complexity index is 904. The maximum atomic E-state index is 13.4. The molecule has 3 rings (SSSR count). The van der Waals surface area contributed by atoms with E-state index >= 15 is 0 Å². The Labute approximate surface area is 196 Å². The first-order chi connectivity index (χ1) is 15.8. The molecule has 0 bridgehead atoms. The normalized spacial score (nSPS) is 15.4. The predicted octanol–water partition coefficient (Wildman–Crippen LogP) is 4.60. The van der Waals surface area contributed by atoms with Crippen LogP contribution in [0.5, 0.6) is 0 Å². The van der Waals surface area contributed by atoms with Crippen molar-refractivity contribution in [2.45, 2.75) is 65.6 Å². The number of amides is 2. The third kappa shape index (κ3) is 7.42. The van der Waals surface area contributed by atoms with Gasteiger partial charge < -0.3 is 14.6 Å². The highest BCUT2D eigenvalue weighted by atomic mass is 19.1. The van der Waals surface area contributed by atoms with Crippen molar-refractivity contribution >= 4 is 11.8 Å². The van der Waals surface area contributed by atoms with E-state index in [1.807, 2.05) is 6.07 Å². The van der Waals surface area contributed by atoms with Gasteiger partial charge in [0, 0.05) is 13.1 Å². The molecule has 2 aromatic rings. The highest BCUT2D eigenvalue weighted by Gasteiger charge is 2.29. The molecule has 1 atom stereocenters. The van der Waals surface area contributed by atoms with Crippen molar-refractivity contribution in [3.63, 3.8) is 0 Å². The van der Waals surface area contributed by atoms with Crippen LogP contribution in [0.2, 0.25) is 0 Å². The van der Waals surface area contributed by atoms with E-state index in [0.717, 1.165) is 30.8 Å². The molecule has 1 aliphatic heterocycles. The molecule has 33 heavy (non-hydrogen) atoms. The number of hydrogen-bond donors (Lipinski definition) is 1. The molecule has 1 aromatic heterocycles. The van der Waals surface area contributed by atoms with Gasteiger partial charge in [-0.1, -0.05) is 32.4 Å². The first kappa shape index (κ1) is 25.0. The quantitative estimate of drug-likeness (QED) is 0.566. The number of rotatable bonds is 10. The summed E-state index contributed by atoms with van der Waals surface area (Å²) < 4.78 is 19.3. The molecule has 1 N–H and O–H groups in total.